The van der Waals surface area contributed by atoms with Crippen molar-refractivity contribution in [1.82, 2.24) is 15.3 Å². The van der Waals surface area contributed by atoms with Crippen LogP contribution in [0.25, 0.3) is 22.3 Å². The number of benzene rings is 1. The maximum Gasteiger partial charge on any atom is 0.216 e. The van der Waals surface area contributed by atoms with Crippen molar-refractivity contribution in [1.29, 1.82) is 0 Å². The molecule has 5 heteroatoms. The second-order valence-corrected chi connectivity index (χ2v) is 6.78. The van der Waals surface area contributed by atoms with Gasteiger partial charge in [0.25, 0.3) is 0 Å². The molecule has 1 amide bonds. The Labute approximate surface area is 159 Å². The summed E-state index contributed by atoms with van der Waals surface area (Å²) in [6.07, 6.45) is 4.61. The van der Waals surface area contributed by atoms with Crippen LogP contribution in [0.5, 0.6) is 5.75 Å². The van der Waals surface area contributed by atoms with Gasteiger partial charge in [-0.25, -0.2) is 0 Å². The fraction of sp³-hybridized carbons (Fsp3) is 0.318. The van der Waals surface area contributed by atoms with Crippen LogP contribution in [0.3, 0.4) is 0 Å². The molecule has 0 aliphatic carbocycles. The van der Waals surface area contributed by atoms with Crippen molar-refractivity contribution in [3.05, 3.63) is 53.7 Å². The predicted molar refractivity (Wildman–Crippen MR) is 110 cm³/mol. The van der Waals surface area contributed by atoms with Gasteiger partial charge in [-0.1, -0.05) is 6.08 Å². The number of aromatic nitrogens is 2. The number of hydrogen-bond donors (Lipinski definition) is 3. The Hall–Kier alpha value is -2.95. The first kappa shape index (κ1) is 18.8. The van der Waals surface area contributed by atoms with E-state index in [0.717, 1.165) is 47.3 Å². The van der Waals surface area contributed by atoms with Gasteiger partial charge in [0.05, 0.1) is 18.5 Å². The number of rotatable bonds is 8. The van der Waals surface area contributed by atoms with Crippen molar-refractivity contribution < 1.29 is 9.53 Å². The van der Waals surface area contributed by atoms with Gasteiger partial charge < -0.3 is 20.0 Å². The third kappa shape index (κ3) is 4.08. The summed E-state index contributed by atoms with van der Waals surface area (Å²) < 4.78 is 5.40. The smallest absolute Gasteiger partial charge is 0.216 e. The molecular formula is C22H27N3O2. The van der Waals surface area contributed by atoms with Crippen LogP contribution in [0.1, 0.15) is 30.2 Å². The maximum atomic E-state index is 11.3. The molecule has 0 spiro atoms. The molecule has 2 heterocycles. The van der Waals surface area contributed by atoms with E-state index in [1.165, 1.54) is 16.8 Å². The number of H-pyrrole nitrogens is 2. The molecule has 27 heavy (non-hydrogen) atoms. The summed E-state index contributed by atoms with van der Waals surface area (Å²) in [6, 6.07) is 8.25. The maximum absolute atomic E-state index is 11.3. The first-order valence-corrected chi connectivity index (χ1v) is 9.26. The number of amides is 1. The lowest BCUT2D eigenvalue weighted by Crippen LogP contribution is -2.22. The molecule has 0 radical (unpaired) electrons. The van der Waals surface area contributed by atoms with Crippen LogP contribution in [-0.2, 0) is 17.6 Å². The Balaban J connectivity index is 2.05. The quantitative estimate of drug-likeness (QED) is 0.522. The van der Waals surface area contributed by atoms with E-state index < -0.39 is 0 Å². The van der Waals surface area contributed by atoms with Crippen molar-refractivity contribution in [3.63, 3.8) is 0 Å². The van der Waals surface area contributed by atoms with Gasteiger partial charge in [-0.05, 0) is 61.6 Å². The number of ether oxygens (including phenoxy) is 1. The Morgan fingerprint density at radius 3 is 2.78 bits per heavy atom. The number of fused-ring (bicyclic) bond motifs is 1. The first-order valence-electron chi connectivity index (χ1n) is 9.26. The van der Waals surface area contributed by atoms with E-state index in [0.29, 0.717) is 6.54 Å². The molecule has 0 aliphatic rings. The number of nitrogens with one attached hydrogen (secondary N) is 3. The van der Waals surface area contributed by atoms with Crippen LogP contribution in [0.4, 0.5) is 0 Å². The predicted octanol–water partition coefficient (Wildman–Crippen LogP) is 4.28. The lowest BCUT2D eigenvalue weighted by molar-refractivity contribution is -0.118. The first-order chi connectivity index (χ1) is 13.0. The van der Waals surface area contributed by atoms with E-state index in [1.54, 1.807) is 14.0 Å². The van der Waals surface area contributed by atoms with E-state index in [2.05, 4.69) is 34.9 Å². The van der Waals surface area contributed by atoms with Crippen LogP contribution in [0, 0.1) is 6.92 Å². The fourth-order valence-corrected chi connectivity index (χ4v) is 3.46. The van der Waals surface area contributed by atoms with Gasteiger partial charge in [-0.15, -0.1) is 6.58 Å². The van der Waals surface area contributed by atoms with Crippen molar-refractivity contribution >= 4 is 16.8 Å². The van der Waals surface area contributed by atoms with Crippen LogP contribution in [0.2, 0.25) is 0 Å². The highest BCUT2D eigenvalue weighted by Gasteiger charge is 2.16. The van der Waals surface area contributed by atoms with Crippen molar-refractivity contribution in [2.75, 3.05) is 13.7 Å². The number of allylic oxidation sites excluding steroid dienone is 1. The Morgan fingerprint density at radius 1 is 1.26 bits per heavy atom. The summed E-state index contributed by atoms with van der Waals surface area (Å²) in [5.41, 5.74) is 6.85. The van der Waals surface area contributed by atoms with Crippen LogP contribution < -0.4 is 10.1 Å². The highest BCUT2D eigenvalue weighted by atomic mass is 16.5. The molecule has 0 bridgehead atoms. The molecular weight excluding hydrogens is 338 g/mol. The second-order valence-electron chi connectivity index (χ2n) is 6.78. The highest BCUT2D eigenvalue weighted by molar-refractivity contribution is 5.91. The largest absolute Gasteiger partial charge is 0.497 e. The van der Waals surface area contributed by atoms with E-state index in [9.17, 15) is 4.79 Å². The van der Waals surface area contributed by atoms with Gasteiger partial charge in [-0.2, -0.15) is 0 Å². The van der Waals surface area contributed by atoms with Crippen molar-refractivity contribution in [3.8, 4) is 17.1 Å². The van der Waals surface area contributed by atoms with Gasteiger partial charge >= 0.3 is 0 Å². The summed E-state index contributed by atoms with van der Waals surface area (Å²) >= 11 is 0. The number of aryl methyl sites for hydroxylation is 2. The topological polar surface area (TPSA) is 69.9 Å². The number of aromatic amines is 2. The zero-order chi connectivity index (χ0) is 19.4. The van der Waals surface area contributed by atoms with E-state index in [-0.39, 0.29) is 5.91 Å². The molecule has 2 aromatic heterocycles. The van der Waals surface area contributed by atoms with Gasteiger partial charge in [0.1, 0.15) is 5.75 Å². The standard InChI is InChI=1S/C22H27N3O2/c1-5-6-7-16-12-21(24-14(16)2)22-18(10-11-23-15(3)26)19-13-17(27-4)8-9-20(19)25-22/h5,8-9,12-13,24-25H,1,6-7,10-11H2,2-4H3,(H,23,26). The molecule has 0 saturated carbocycles. The minimum absolute atomic E-state index is 0.0172. The average Bonchev–Trinajstić information content (AvgIpc) is 3.19. The minimum Gasteiger partial charge on any atom is -0.497 e. The van der Waals surface area contributed by atoms with Crippen molar-refractivity contribution in [2.45, 2.75) is 33.1 Å². The molecule has 0 fully saturated rings. The van der Waals surface area contributed by atoms with E-state index >= 15 is 0 Å². The Kier molecular flexibility index (Phi) is 5.69. The molecule has 0 aliphatic heterocycles. The lowest BCUT2D eigenvalue weighted by atomic mass is 10.0. The molecule has 0 unspecified atom stereocenters. The zero-order valence-electron chi connectivity index (χ0n) is 16.2. The Morgan fingerprint density at radius 2 is 2.07 bits per heavy atom. The lowest BCUT2D eigenvalue weighted by Gasteiger charge is -2.06. The molecule has 5 nitrogen and oxygen atoms in total. The summed E-state index contributed by atoms with van der Waals surface area (Å²) in [7, 11) is 1.67. The minimum atomic E-state index is -0.0172. The fourth-order valence-electron chi connectivity index (χ4n) is 3.46. The van der Waals surface area contributed by atoms with Crippen LogP contribution in [-0.4, -0.2) is 29.5 Å². The number of methoxy groups -OCH3 is 1. The molecule has 0 saturated heterocycles. The number of carbonyl (C=O) groups is 1. The highest BCUT2D eigenvalue weighted by Crippen LogP contribution is 2.33. The molecule has 3 rings (SSSR count). The summed E-state index contributed by atoms with van der Waals surface area (Å²) in [6.45, 7) is 8.05. The SMILES string of the molecule is C=CCCc1cc(-c2[nH]c3ccc(OC)cc3c2CCNC(C)=O)[nH]c1C. The van der Waals surface area contributed by atoms with Crippen LogP contribution in [0.15, 0.2) is 36.9 Å². The normalized spacial score (nSPS) is 10.9. The third-order valence-corrected chi connectivity index (χ3v) is 4.87. The van der Waals surface area contributed by atoms with Gasteiger partial charge in [-0.3, -0.25) is 4.79 Å². The molecule has 0 atom stereocenters. The van der Waals surface area contributed by atoms with Crippen LogP contribution >= 0.6 is 0 Å². The van der Waals surface area contributed by atoms with E-state index in [1.807, 2.05) is 24.3 Å². The Bertz CT molecular complexity index is 966. The average molecular weight is 365 g/mol. The summed E-state index contributed by atoms with van der Waals surface area (Å²) in [5.74, 6) is 0.805. The van der Waals surface area contributed by atoms with Crippen molar-refractivity contribution in [2.24, 2.45) is 0 Å². The third-order valence-electron chi connectivity index (χ3n) is 4.87. The number of hydrogen-bond acceptors (Lipinski definition) is 2. The molecule has 1 aromatic carbocycles. The van der Waals surface area contributed by atoms with Gasteiger partial charge in [0, 0.05) is 30.1 Å². The number of carbonyl (C=O) groups excluding carboxylic acids is 1. The van der Waals surface area contributed by atoms with E-state index in [4.69, 9.17) is 4.74 Å². The second kappa shape index (κ2) is 8.16. The van der Waals surface area contributed by atoms with Gasteiger partial charge in [0.2, 0.25) is 5.91 Å². The zero-order valence-corrected chi connectivity index (χ0v) is 16.2. The molecule has 3 aromatic rings. The summed E-state index contributed by atoms with van der Waals surface area (Å²) in [5, 5.41) is 4.01. The summed E-state index contributed by atoms with van der Waals surface area (Å²) in [4.78, 5) is 18.3. The van der Waals surface area contributed by atoms with Gasteiger partial charge in [0.15, 0.2) is 0 Å². The molecule has 142 valence electrons. The monoisotopic (exact) mass is 365 g/mol. The molecule has 3 N–H and O–H groups in total.